The predicted octanol–water partition coefficient (Wildman–Crippen LogP) is 5.17. The summed E-state index contributed by atoms with van der Waals surface area (Å²) in [6.45, 7) is 2.58. The summed E-state index contributed by atoms with van der Waals surface area (Å²) in [5, 5.41) is 2.99. The van der Waals surface area contributed by atoms with E-state index in [0.717, 1.165) is 12.8 Å². The van der Waals surface area contributed by atoms with Gasteiger partial charge in [-0.05, 0) is 77.0 Å². The van der Waals surface area contributed by atoms with Crippen LogP contribution >= 0.6 is 39.7 Å². The largest absolute Gasteiger partial charge is 0.494 e. The smallest absolute Gasteiger partial charge is 0.276 e. The summed E-state index contributed by atoms with van der Waals surface area (Å²) < 4.78 is 11.7. The molecule has 0 aliphatic carbocycles. The molecule has 0 aliphatic heterocycles. The number of ether oxygens (including phenoxy) is 2. The van der Waals surface area contributed by atoms with E-state index in [1.807, 2.05) is 0 Å². The molecule has 0 saturated heterocycles. The first-order chi connectivity index (χ1) is 15.9. The quantitative estimate of drug-likeness (QED) is 0.201. The van der Waals surface area contributed by atoms with Crippen LogP contribution < -0.4 is 25.6 Å². The fraction of sp³-hybridized carbons (Fsp3) is 0.348. The topological polar surface area (TPSA) is 88.7 Å². The Bertz CT molecular complexity index is 944. The molecule has 0 unspecified atom stereocenters. The van der Waals surface area contributed by atoms with Gasteiger partial charge in [0.25, 0.3) is 11.8 Å². The number of benzene rings is 2. The lowest BCUT2D eigenvalue weighted by Gasteiger charge is -2.12. The zero-order chi connectivity index (χ0) is 24.1. The van der Waals surface area contributed by atoms with Crippen LogP contribution in [0.2, 0.25) is 5.02 Å². The number of nitrogens with one attached hydrogen (secondary N) is 3. The van der Waals surface area contributed by atoms with E-state index < -0.39 is 11.8 Å². The van der Waals surface area contributed by atoms with Gasteiger partial charge in [0.05, 0.1) is 11.1 Å². The van der Waals surface area contributed by atoms with Gasteiger partial charge < -0.3 is 9.47 Å². The minimum atomic E-state index is -0.482. The van der Waals surface area contributed by atoms with Gasteiger partial charge in [-0.1, -0.05) is 44.2 Å². The SMILES string of the molecule is CCCCCCCOc1ccc(C(=O)NC(=S)NNC(=O)COc2ccc(Cl)cc2Br)cc1. The van der Waals surface area contributed by atoms with E-state index in [1.165, 1.54) is 19.3 Å². The number of hydrazine groups is 1. The van der Waals surface area contributed by atoms with E-state index in [1.54, 1.807) is 42.5 Å². The minimum Gasteiger partial charge on any atom is -0.494 e. The standard InChI is InChI=1S/C23H27BrClN3O4S/c1-2-3-4-5-6-13-31-18-10-7-16(8-11-18)22(30)26-23(33)28-27-21(29)15-32-20-12-9-17(25)14-19(20)24/h7-12,14H,2-6,13,15H2,1H3,(H,27,29)(H2,26,28,30,33). The van der Waals surface area contributed by atoms with Gasteiger partial charge in [-0.25, -0.2) is 0 Å². The Hall–Kier alpha value is -2.36. The maximum absolute atomic E-state index is 12.3. The minimum absolute atomic E-state index is 0.0478. The molecule has 33 heavy (non-hydrogen) atoms. The van der Waals surface area contributed by atoms with Crippen molar-refractivity contribution in [3.8, 4) is 11.5 Å². The third-order valence-corrected chi connectivity index (χ3v) is 5.49. The predicted molar refractivity (Wildman–Crippen MR) is 137 cm³/mol. The number of thiocarbonyl (C=S) groups is 1. The molecule has 0 fully saturated rings. The molecule has 2 amide bonds. The van der Waals surface area contributed by atoms with Crippen molar-refractivity contribution in [2.45, 2.75) is 39.0 Å². The Morgan fingerprint density at radius 1 is 1.00 bits per heavy atom. The molecule has 2 aromatic rings. The number of rotatable bonds is 11. The third-order valence-electron chi connectivity index (χ3n) is 4.43. The highest BCUT2D eigenvalue weighted by Crippen LogP contribution is 2.27. The summed E-state index contributed by atoms with van der Waals surface area (Å²) >= 11 is 14.2. The number of carbonyl (C=O) groups is 2. The Balaban J connectivity index is 1.67. The van der Waals surface area contributed by atoms with Crippen LogP contribution in [0.1, 0.15) is 49.4 Å². The van der Waals surface area contributed by atoms with E-state index in [4.69, 9.17) is 33.3 Å². The van der Waals surface area contributed by atoms with Crippen molar-refractivity contribution in [1.29, 1.82) is 0 Å². The number of halogens is 2. The van der Waals surface area contributed by atoms with E-state index >= 15 is 0 Å². The van der Waals surface area contributed by atoms with Gasteiger partial charge >= 0.3 is 0 Å². The van der Waals surface area contributed by atoms with Gasteiger partial charge in [0.2, 0.25) is 0 Å². The van der Waals surface area contributed by atoms with Crippen molar-refractivity contribution < 1.29 is 19.1 Å². The number of amides is 2. The van der Waals surface area contributed by atoms with Crippen molar-refractivity contribution in [2.24, 2.45) is 0 Å². The van der Waals surface area contributed by atoms with Crippen LogP contribution in [0.3, 0.4) is 0 Å². The van der Waals surface area contributed by atoms with Crippen LogP contribution in [-0.2, 0) is 4.79 Å². The Morgan fingerprint density at radius 3 is 2.42 bits per heavy atom. The maximum Gasteiger partial charge on any atom is 0.276 e. The van der Waals surface area contributed by atoms with Gasteiger partial charge in [0.1, 0.15) is 11.5 Å². The number of hydrogen-bond donors (Lipinski definition) is 3. The number of unbranched alkanes of at least 4 members (excludes halogenated alkanes) is 4. The van der Waals surface area contributed by atoms with E-state index in [-0.39, 0.29) is 11.7 Å². The van der Waals surface area contributed by atoms with Gasteiger partial charge in [-0.3, -0.25) is 25.8 Å². The molecule has 2 aromatic carbocycles. The normalized spacial score (nSPS) is 10.3. The average molecular weight is 557 g/mol. The number of hydrogen-bond acceptors (Lipinski definition) is 5. The summed E-state index contributed by atoms with van der Waals surface area (Å²) in [4.78, 5) is 24.2. The molecule has 0 aromatic heterocycles. The number of carbonyl (C=O) groups excluding carboxylic acids is 2. The summed E-state index contributed by atoms with van der Waals surface area (Å²) in [7, 11) is 0. The third kappa shape index (κ3) is 10.4. The van der Waals surface area contributed by atoms with Gasteiger partial charge in [-0.2, -0.15) is 0 Å². The molecule has 2 rings (SSSR count). The second-order valence-electron chi connectivity index (χ2n) is 7.11. The van der Waals surface area contributed by atoms with Crippen molar-refractivity contribution in [2.75, 3.05) is 13.2 Å². The average Bonchev–Trinajstić information content (AvgIpc) is 2.79. The first kappa shape index (κ1) is 26.9. The van der Waals surface area contributed by atoms with Crippen molar-refractivity contribution >= 4 is 56.7 Å². The maximum atomic E-state index is 12.3. The molecular weight excluding hydrogens is 530 g/mol. The summed E-state index contributed by atoms with van der Waals surface area (Å²) in [6, 6.07) is 11.7. The lowest BCUT2D eigenvalue weighted by atomic mass is 10.2. The van der Waals surface area contributed by atoms with E-state index in [9.17, 15) is 9.59 Å². The Labute approximate surface area is 212 Å². The lowest BCUT2D eigenvalue weighted by Crippen LogP contribution is -2.49. The van der Waals surface area contributed by atoms with Crippen LogP contribution in [0.25, 0.3) is 0 Å². The van der Waals surface area contributed by atoms with Crippen LogP contribution in [0.5, 0.6) is 11.5 Å². The van der Waals surface area contributed by atoms with Crippen LogP contribution in [0, 0.1) is 0 Å². The molecule has 0 aliphatic rings. The fourth-order valence-electron chi connectivity index (χ4n) is 2.70. The fourth-order valence-corrected chi connectivity index (χ4v) is 3.64. The van der Waals surface area contributed by atoms with Crippen LogP contribution in [0.15, 0.2) is 46.9 Å². The van der Waals surface area contributed by atoms with Gasteiger partial charge in [0, 0.05) is 10.6 Å². The van der Waals surface area contributed by atoms with Crippen molar-refractivity contribution in [3.05, 3.63) is 57.5 Å². The molecule has 0 radical (unpaired) electrons. The first-order valence-corrected chi connectivity index (χ1v) is 12.2. The van der Waals surface area contributed by atoms with E-state index in [0.29, 0.717) is 33.2 Å². The molecule has 0 atom stereocenters. The zero-order valence-corrected chi connectivity index (χ0v) is 21.4. The monoisotopic (exact) mass is 555 g/mol. The highest BCUT2D eigenvalue weighted by molar-refractivity contribution is 9.10. The van der Waals surface area contributed by atoms with Crippen molar-refractivity contribution in [1.82, 2.24) is 16.2 Å². The molecule has 178 valence electrons. The summed E-state index contributed by atoms with van der Waals surface area (Å²) in [6.07, 6.45) is 5.85. The van der Waals surface area contributed by atoms with Gasteiger partial charge in [0.15, 0.2) is 11.7 Å². The lowest BCUT2D eigenvalue weighted by molar-refractivity contribution is -0.123. The van der Waals surface area contributed by atoms with Crippen molar-refractivity contribution in [3.63, 3.8) is 0 Å². The van der Waals surface area contributed by atoms with Gasteiger partial charge in [-0.15, -0.1) is 0 Å². The molecule has 0 heterocycles. The highest BCUT2D eigenvalue weighted by Gasteiger charge is 2.10. The molecule has 0 saturated carbocycles. The summed E-state index contributed by atoms with van der Waals surface area (Å²) in [5.74, 6) is 0.288. The molecule has 0 bridgehead atoms. The molecule has 3 N–H and O–H groups in total. The summed E-state index contributed by atoms with van der Waals surface area (Å²) in [5.41, 5.74) is 5.24. The Morgan fingerprint density at radius 2 is 1.73 bits per heavy atom. The molecule has 10 heteroatoms. The van der Waals surface area contributed by atoms with Crippen LogP contribution in [0.4, 0.5) is 0 Å². The Kier molecular flexibility index (Phi) is 12.0. The molecule has 7 nitrogen and oxygen atoms in total. The van der Waals surface area contributed by atoms with E-state index in [2.05, 4.69) is 39.0 Å². The zero-order valence-electron chi connectivity index (χ0n) is 18.3. The highest BCUT2D eigenvalue weighted by atomic mass is 79.9. The molecule has 0 spiro atoms. The first-order valence-electron chi connectivity index (χ1n) is 10.6. The molecular formula is C23H27BrClN3O4S. The second-order valence-corrected chi connectivity index (χ2v) is 8.81. The van der Waals surface area contributed by atoms with Crippen LogP contribution in [-0.4, -0.2) is 30.1 Å². The second kappa shape index (κ2) is 14.7.